The summed E-state index contributed by atoms with van der Waals surface area (Å²) in [6.45, 7) is -0.114. The standard InChI is InChI=1S/C9H9BrClNO3/c10-5-1-2-8(6(11)3-5)15-4-7(12)9(13)14/h1-3,7H,4,12H2,(H,13,14)/t7-/m0/s1. The quantitative estimate of drug-likeness (QED) is 0.889. The largest absolute Gasteiger partial charge is 0.490 e. The highest BCUT2D eigenvalue weighted by Gasteiger charge is 2.12. The number of benzene rings is 1. The molecule has 0 unspecified atom stereocenters. The van der Waals surface area contributed by atoms with E-state index in [1.54, 1.807) is 18.2 Å². The van der Waals surface area contributed by atoms with Gasteiger partial charge in [-0.2, -0.15) is 0 Å². The number of hydrogen-bond acceptors (Lipinski definition) is 3. The van der Waals surface area contributed by atoms with Crippen molar-refractivity contribution < 1.29 is 14.6 Å². The molecule has 0 heterocycles. The summed E-state index contributed by atoms with van der Waals surface area (Å²) in [5.41, 5.74) is 5.27. The molecular weight excluding hydrogens is 285 g/mol. The van der Waals surface area contributed by atoms with E-state index in [0.29, 0.717) is 10.8 Å². The summed E-state index contributed by atoms with van der Waals surface area (Å²) >= 11 is 9.09. The second kappa shape index (κ2) is 5.34. The second-order valence-corrected chi connectivity index (χ2v) is 4.15. The fourth-order valence-electron chi connectivity index (χ4n) is 0.843. The lowest BCUT2D eigenvalue weighted by molar-refractivity contribution is -0.139. The molecule has 0 radical (unpaired) electrons. The molecule has 0 aliphatic carbocycles. The summed E-state index contributed by atoms with van der Waals surface area (Å²) < 4.78 is 5.98. The molecule has 0 aliphatic heterocycles. The Labute approximate surface area is 100 Å². The van der Waals surface area contributed by atoms with Gasteiger partial charge in [0.2, 0.25) is 0 Å². The lowest BCUT2D eigenvalue weighted by Gasteiger charge is -2.10. The Hall–Kier alpha value is -0.780. The number of carbonyl (C=O) groups is 1. The maximum absolute atomic E-state index is 10.4. The number of nitrogens with two attached hydrogens (primary N) is 1. The molecule has 4 nitrogen and oxygen atoms in total. The Morgan fingerprint density at radius 1 is 1.67 bits per heavy atom. The van der Waals surface area contributed by atoms with Crippen molar-refractivity contribution in [3.8, 4) is 5.75 Å². The van der Waals surface area contributed by atoms with E-state index in [0.717, 1.165) is 4.47 Å². The minimum Gasteiger partial charge on any atom is -0.490 e. The molecule has 1 aromatic carbocycles. The fourth-order valence-corrected chi connectivity index (χ4v) is 1.57. The summed E-state index contributed by atoms with van der Waals surface area (Å²) in [4.78, 5) is 10.4. The molecule has 0 fully saturated rings. The zero-order valence-corrected chi connectivity index (χ0v) is 9.96. The van der Waals surface area contributed by atoms with Gasteiger partial charge in [0.05, 0.1) is 5.02 Å². The van der Waals surface area contributed by atoms with Crippen molar-refractivity contribution in [2.75, 3.05) is 6.61 Å². The molecule has 1 aromatic rings. The van der Waals surface area contributed by atoms with Crippen LogP contribution < -0.4 is 10.5 Å². The van der Waals surface area contributed by atoms with E-state index in [4.69, 9.17) is 27.2 Å². The molecule has 0 spiro atoms. The molecule has 6 heteroatoms. The van der Waals surface area contributed by atoms with Crippen LogP contribution in [0.3, 0.4) is 0 Å². The van der Waals surface area contributed by atoms with E-state index in [1.807, 2.05) is 0 Å². The molecule has 82 valence electrons. The molecule has 15 heavy (non-hydrogen) atoms. The van der Waals surface area contributed by atoms with Crippen LogP contribution in [-0.2, 0) is 4.79 Å². The summed E-state index contributed by atoms with van der Waals surface area (Å²) in [6.07, 6.45) is 0. The predicted molar refractivity (Wildman–Crippen MR) is 60.3 cm³/mol. The number of rotatable bonds is 4. The van der Waals surface area contributed by atoms with Crippen molar-refractivity contribution in [3.63, 3.8) is 0 Å². The van der Waals surface area contributed by atoms with Crippen molar-refractivity contribution in [2.45, 2.75) is 6.04 Å². The van der Waals surface area contributed by atoms with Crippen LogP contribution in [0.15, 0.2) is 22.7 Å². The Morgan fingerprint density at radius 3 is 2.87 bits per heavy atom. The van der Waals surface area contributed by atoms with Gasteiger partial charge in [0, 0.05) is 4.47 Å². The monoisotopic (exact) mass is 293 g/mol. The zero-order valence-electron chi connectivity index (χ0n) is 7.61. The van der Waals surface area contributed by atoms with E-state index in [-0.39, 0.29) is 6.61 Å². The van der Waals surface area contributed by atoms with Crippen LogP contribution in [0, 0.1) is 0 Å². The average molecular weight is 295 g/mol. The highest BCUT2D eigenvalue weighted by Crippen LogP contribution is 2.27. The molecule has 0 amide bonds. The van der Waals surface area contributed by atoms with Crippen LogP contribution in [0.5, 0.6) is 5.75 Å². The summed E-state index contributed by atoms with van der Waals surface area (Å²) in [6, 6.07) is 3.99. The van der Waals surface area contributed by atoms with Gasteiger partial charge in [-0.15, -0.1) is 0 Å². The van der Waals surface area contributed by atoms with E-state index in [9.17, 15) is 4.79 Å². The highest BCUT2D eigenvalue weighted by molar-refractivity contribution is 9.10. The second-order valence-electron chi connectivity index (χ2n) is 2.83. The van der Waals surface area contributed by atoms with Gasteiger partial charge < -0.3 is 15.6 Å². The SMILES string of the molecule is N[C@@H](COc1ccc(Br)cc1Cl)C(=O)O. The molecule has 1 atom stereocenters. The zero-order chi connectivity index (χ0) is 11.4. The third-order valence-corrected chi connectivity index (χ3v) is 2.42. The fraction of sp³-hybridized carbons (Fsp3) is 0.222. The minimum atomic E-state index is -1.11. The minimum absolute atomic E-state index is 0.114. The van der Waals surface area contributed by atoms with E-state index < -0.39 is 12.0 Å². The third-order valence-electron chi connectivity index (χ3n) is 1.63. The van der Waals surface area contributed by atoms with Gasteiger partial charge in [-0.25, -0.2) is 0 Å². The topological polar surface area (TPSA) is 72.5 Å². The van der Waals surface area contributed by atoms with Gasteiger partial charge in [-0.05, 0) is 18.2 Å². The smallest absolute Gasteiger partial charge is 0.324 e. The van der Waals surface area contributed by atoms with Crippen molar-refractivity contribution in [1.82, 2.24) is 0 Å². The van der Waals surface area contributed by atoms with Gasteiger partial charge in [0.15, 0.2) is 0 Å². The lowest BCUT2D eigenvalue weighted by Crippen LogP contribution is -2.36. The van der Waals surface area contributed by atoms with Gasteiger partial charge >= 0.3 is 5.97 Å². The summed E-state index contributed by atoms with van der Waals surface area (Å²) in [7, 11) is 0. The van der Waals surface area contributed by atoms with Gasteiger partial charge in [-0.1, -0.05) is 27.5 Å². The van der Waals surface area contributed by atoms with E-state index >= 15 is 0 Å². The normalized spacial score (nSPS) is 12.2. The first-order valence-corrected chi connectivity index (χ1v) is 5.24. The first-order valence-electron chi connectivity index (χ1n) is 4.07. The molecule has 0 saturated carbocycles. The van der Waals surface area contributed by atoms with Gasteiger partial charge in [0.1, 0.15) is 18.4 Å². The van der Waals surface area contributed by atoms with Crippen molar-refractivity contribution in [2.24, 2.45) is 5.73 Å². The van der Waals surface area contributed by atoms with Crippen molar-refractivity contribution >= 4 is 33.5 Å². The van der Waals surface area contributed by atoms with Crippen LogP contribution >= 0.6 is 27.5 Å². The molecule has 0 aromatic heterocycles. The van der Waals surface area contributed by atoms with Gasteiger partial charge in [0.25, 0.3) is 0 Å². The Balaban J connectivity index is 2.62. The number of carboxylic acid groups (broad SMARTS) is 1. The van der Waals surface area contributed by atoms with Gasteiger partial charge in [-0.3, -0.25) is 4.79 Å². The molecule has 3 N–H and O–H groups in total. The van der Waals surface area contributed by atoms with Crippen molar-refractivity contribution in [3.05, 3.63) is 27.7 Å². The third kappa shape index (κ3) is 3.70. The lowest BCUT2D eigenvalue weighted by atomic mass is 10.3. The Bertz CT molecular complexity index is 372. The first kappa shape index (κ1) is 12.3. The van der Waals surface area contributed by atoms with Crippen LogP contribution in [0.25, 0.3) is 0 Å². The molecule has 0 saturated heterocycles. The Morgan fingerprint density at radius 2 is 2.33 bits per heavy atom. The van der Waals surface area contributed by atoms with Crippen LogP contribution in [0.2, 0.25) is 5.02 Å². The average Bonchev–Trinajstić information content (AvgIpc) is 2.15. The van der Waals surface area contributed by atoms with E-state index in [2.05, 4.69) is 15.9 Å². The molecular formula is C9H9BrClNO3. The maximum Gasteiger partial charge on any atom is 0.324 e. The number of ether oxygens (including phenoxy) is 1. The summed E-state index contributed by atoms with van der Waals surface area (Å²) in [5, 5.41) is 8.93. The Kier molecular flexibility index (Phi) is 4.38. The van der Waals surface area contributed by atoms with Crippen molar-refractivity contribution in [1.29, 1.82) is 0 Å². The highest BCUT2D eigenvalue weighted by atomic mass is 79.9. The number of hydrogen-bond donors (Lipinski definition) is 2. The van der Waals surface area contributed by atoms with E-state index in [1.165, 1.54) is 0 Å². The number of halogens is 2. The van der Waals surface area contributed by atoms with Crippen LogP contribution in [0.4, 0.5) is 0 Å². The molecule has 0 aliphatic rings. The maximum atomic E-state index is 10.4. The van der Waals surface area contributed by atoms with Crippen LogP contribution in [-0.4, -0.2) is 23.7 Å². The molecule has 1 rings (SSSR count). The number of carboxylic acids is 1. The predicted octanol–water partition coefficient (Wildman–Crippen LogP) is 1.89. The first-order chi connectivity index (χ1) is 7.00. The summed E-state index contributed by atoms with van der Waals surface area (Å²) in [5.74, 6) is -0.695. The molecule has 0 bridgehead atoms. The van der Waals surface area contributed by atoms with Crippen LogP contribution in [0.1, 0.15) is 0 Å². The number of aliphatic carboxylic acids is 1.